The molecule has 4 rings (SSSR count). The maximum atomic E-state index is 6.11. The quantitative estimate of drug-likeness (QED) is 0.632. The van der Waals surface area contributed by atoms with Crippen molar-refractivity contribution in [1.29, 1.82) is 0 Å². The molecule has 0 spiro atoms. The number of guanidine groups is 1. The summed E-state index contributed by atoms with van der Waals surface area (Å²) < 4.78 is 16.6. The fourth-order valence-corrected chi connectivity index (χ4v) is 3.76. The topological polar surface area (TPSA) is 78.1 Å². The Bertz CT molecular complexity index is 637. The second kappa shape index (κ2) is 7.12. The van der Waals surface area contributed by atoms with Crippen molar-refractivity contribution in [2.45, 2.75) is 37.5 Å². The van der Waals surface area contributed by atoms with Gasteiger partial charge in [0.25, 0.3) is 0 Å². The monoisotopic (exact) mass is 345 g/mol. The van der Waals surface area contributed by atoms with Gasteiger partial charge in [-0.3, -0.25) is 4.99 Å². The van der Waals surface area contributed by atoms with E-state index in [0.717, 1.165) is 50.0 Å². The lowest BCUT2D eigenvalue weighted by atomic mass is 9.74. The smallest absolute Gasteiger partial charge is 0.231 e. The summed E-state index contributed by atoms with van der Waals surface area (Å²) in [7, 11) is 0. The molecular weight excluding hydrogens is 318 g/mol. The van der Waals surface area contributed by atoms with E-state index in [-0.39, 0.29) is 5.41 Å². The van der Waals surface area contributed by atoms with Gasteiger partial charge < -0.3 is 25.3 Å². The maximum Gasteiger partial charge on any atom is 0.231 e. The number of aliphatic imine (C=N–C) groups is 1. The van der Waals surface area contributed by atoms with Crippen LogP contribution in [-0.2, 0) is 10.2 Å². The van der Waals surface area contributed by atoms with Gasteiger partial charge in [-0.25, -0.2) is 0 Å². The van der Waals surface area contributed by atoms with Crippen molar-refractivity contribution in [3.63, 3.8) is 0 Å². The van der Waals surface area contributed by atoms with Gasteiger partial charge in [-0.15, -0.1) is 0 Å². The first kappa shape index (κ1) is 16.5. The average molecular weight is 345 g/mol. The molecule has 136 valence electrons. The van der Waals surface area contributed by atoms with Crippen LogP contribution in [0, 0.1) is 5.92 Å². The Hall–Kier alpha value is -1.95. The molecule has 3 aliphatic rings. The second-order valence-corrected chi connectivity index (χ2v) is 7.34. The summed E-state index contributed by atoms with van der Waals surface area (Å²) in [6, 6.07) is 6.23. The van der Waals surface area contributed by atoms with Crippen molar-refractivity contribution < 1.29 is 14.2 Å². The number of nitrogens with zero attached hydrogens (tertiary/aromatic N) is 1. The van der Waals surface area contributed by atoms with E-state index in [1.807, 2.05) is 6.07 Å². The number of nitrogens with one attached hydrogen (secondary N) is 1. The van der Waals surface area contributed by atoms with E-state index in [2.05, 4.69) is 22.4 Å². The molecule has 1 saturated carbocycles. The fraction of sp³-hybridized carbons (Fsp3) is 0.632. The van der Waals surface area contributed by atoms with Crippen molar-refractivity contribution in [3.05, 3.63) is 23.8 Å². The standard InChI is InChI=1S/C19H27N3O3/c20-18(21-11-14-2-1-3-14)22-12-19(6-8-23-9-7-19)15-4-5-16-17(10-15)25-13-24-16/h4-5,10,14H,1-3,6-9,11-13H2,(H3,20,21,22). The molecule has 3 N–H and O–H groups in total. The minimum Gasteiger partial charge on any atom is -0.454 e. The number of benzene rings is 1. The van der Waals surface area contributed by atoms with Gasteiger partial charge in [0, 0.05) is 25.2 Å². The van der Waals surface area contributed by atoms with Crippen molar-refractivity contribution >= 4 is 5.96 Å². The molecule has 2 aliphatic heterocycles. The van der Waals surface area contributed by atoms with E-state index < -0.39 is 0 Å². The zero-order chi connectivity index (χ0) is 17.1. The Morgan fingerprint density at radius 1 is 1.20 bits per heavy atom. The van der Waals surface area contributed by atoms with Crippen molar-refractivity contribution in [2.24, 2.45) is 16.6 Å². The number of nitrogens with two attached hydrogens (primary N) is 1. The van der Waals surface area contributed by atoms with Crippen LogP contribution in [0.4, 0.5) is 0 Å². The first-order valence-corrected chi connectivity index (χ1v) is 9.27. The minimum atomic E-state index is -0.0536. The zero-order valence-corrected chi connectivity index (χ0v) is 14.6. The predicted octanol–water partition coefficient (Wildman–Crippen LogP) is 2.17. The van der Waals surface area contributed by atoms with Gasteiger partial charge in [0.1, 0.15) is 0 Å². The molecule has 0 unspecified atom stereocenters. The Labute approximate surface area is 148 Å². The number of hydrogen-bond acceptors (Lipinski definition) is 4. The summed E-state index contributed by atoms with van der Waals surface area (Å²) in [6.45, 7) is 3.40. The van der Waals surface area contributed by atoms with Gasteiger partial charge in [-0.05, 0) is 49.3 Å². The molecule has 1 aromatic rings. The summed E-state index contributed by atoms with van der Waals surface area (Å²) in [5.41, 5.74) is 7.29. The van der Waals surface area contributed by atoms with Crippen LogP contribution in [0.1, 0.15) is 37.7 Å². The third kappa shape index (κ3) is 3.54. The van der Waals surface area contributed by atoms with Crippen LogP contribution in [0.5, 0.6) is 11.5 Å². The summed E-state index contributed by atoms with van der Waals surface area (Å²) >= 11 is 0. The normalized spacial score (nSPS) is 22.5. The molecule has 6 heteroatoms. The van der Waals surface area contributed by atoms with E-state index in [1.165, 1.54) is 24.8 Å². The van der Waals surface area contributed by atoms with Gasteiger partial charge in [0.2, 0.25) is 6.79 Å². The Morgan fingerprint density at radius 2 is 2.00 bits per heavy atom. The lowest BCUT2D eigenvalue weighted by Gasteiger charge is -2.36. The molecule has 6 nitrogen and oxygen atoms in total. The lowest BCUT2D eigenvalue weighted by Crippen LogP contribution is -2.40. The van der Waals surface area contributed by atoms with Gasteiger partial charge >= 0.3 is 0 Å². The summed E-state index contributed by atoms with van der Waals surface area (Å²) in [5.74, 6) is 2.96. The largest absolute Gasteiger partial charge is 0.454 e. The number of rotatable bonds is 5. The van der Waals surface area contributed by atoms with Gasteiger partial charge in [0.05, 0.1) is 6.54 Å². The molecule has 2 fully saturated rings. The molecule has 0 amide bonds. The van der Waals surface area contributed by atoms with Crippen LogP contribution in [-0.4, -0.2) is 39.1 Å². The molecule has 0 bridgehead atoms. The molecule has 0 aromatic heterocycles. The maximum absolute atomic E-state index is 6.11. The third-order valence-electron chi connectivity index (χ3n) is 5.78. The highest BCUT2D eigenvalue weighted by atomic mass is 16.7. The van der Waals surface area contributed by atoms with Crippen LogP contribution < -0.4 is 20.5 Å². The Morgan fingerprint density at radius 3 is 2.76 bits per heavy atom. The molecule has 1 aromatic carbocycles. The summed E-state index contributed by atoms with van der Waals surface area (Å²) in [4.78, 5) is 4.68. The van der Waals surface area contributed by atoms with Crippen molar-refractivity contribution in [3.8, 4) is 11.5 Å². The first-order chi connectivity index (χ1) is 12.3. The SMILES string of the molecule is NC(=NCC1(c2ccc3c(c2)OCO3)CCOCC1)NCC1CCC1. The number of ether oxygens (including phenoxy) is 3. The fourth-order valence-electron chi connectivity index (χ4n) is 3.76. The van der Waals surface area contributed by atoms with Crippen molar-refractivity contribution in [1.82, 2.24) is 5.32 Å². The van der Waals surface area contributed by atoms with Crippen molar-refractivity contribution in [2.75, 3.05) is 33.1 Å². The van der Waals surface area contributed by atoms with Crippen LogP contribution in [0.25, 0.3) is 0 Å². The van der Waals surface area contributed by atoms with Crippen LogP contribution in [0.15, 0.2) is 23.2 Å². The molecule has 0 atom stereocenters. The Balaban J connectivity index is 1.48. The average Bonchev–Trinajstić information content (AvgIpc) is 3.07. The lowest BCUT2D eigenvalue weighted by molar-refractivity contribution is 0.0530. The van der Waals surface area contributed by atoms with Crippen LogP contribution in [0.2, 0.25) is 0 Å². The summed E-state index contributed by atoms with van der Waals surface area (Å²) in [6.07, 6.45) is 5.83. The third-order valence-corrected chi connectivity index (χ3v) is 5.78. The first-order valence-electron chi connectivity index (χ1n) is 9.27. The van der Waals surface area contributed by atoms with E-state index in [9.17, 15) is 0 Å². The van der Waals surface area contributed by atoms with E-state index >= 15 is 0 Å². The zero-order valence-electron chi connectivity index (χ0n) is 14.6. The minimum absolute atomic E-state index is 0.0536. The highest BCUT2D eigenvalue weighted by Crippen LogP contribution is 2.41. The predicted molar refractivity (Wildman–Crippen MR) is 96.1 cm³/mol. The molecule has 1 aliphatic carbocycles. The summed E-state index contributed by atoms with van der Waals surface area (Å²) in [5, 5.41) is 3.29. The highest BCUT2D eigenvalue weighted by molar-refractivity contribution is 5.77. The molecule has 1 saturated heterocycles. The molecular formula is C19H27N3O3. The van der Waals surface area contributed by atoms with E-state index in [1.54, 1.807) is 0 Å². The van der Waals surface area contributed by atoms with Gasteiger partial charge in [-0.1, -0.05) is 12.5 Å². The van der Waals surface area contributed by atoms with Crippen LogP contribution >= 0.6 is 0 Å². The molecule has 25 heavy (non-hydrogen) atoms. The second-order valence-electron chi connectivity index (χ2n) is 7.34. The van der Waals surface area contributed by atoms with Gasteiger partial charge in [0.15, 0.2) is 17.5 Å². The Kier molecular flexibility index (Phi) is 4.70. The van der Waals surface area contributed by atoms with Gasteiger partial charge in [-0.2, -0.15) is 0 Å². The highest BCUT2D eigenvalue weighted by Gasteiger charge is 2.35. The van der Waals surface area contributed by atoms with E-state index in [4.69, 9.17) is 19.9 Å². The van der Waals surface area contributed by atoms with E-state index in [0.29, 0.717) is 19.3 Å². The number of hydrogen-bond donors (Lipinski definition) is 2. The van der Waals surface area contributed by atoms with Crippen LogP contribution in [0.3, 0.4) is 0 Å². The number of fused-ring (bicyclic) bond motifs is 1. The molecule has 0 radical (unpaired) electrons. The molecule has 2 heterocycles.